The Balaban J connectivity index is 1.90. The van der Waals surface area contributed by atoms with Crippen LogP contribution in [0.15, 0.2) is 24.3 Å². The number of likely N-dealkylation sites (tertiary alicyclic amines) is 1. The van der Waals surface area contributed by atoms with E-state index in [1.165, 1.54) is 26.2 Å². The normalized spacial score (nSPS) is 16.1. The van der Waals surface area contributed by atoms with Crippen molar-refractivity contribution in [1.29, 1.82) is 0 Å². The molecule has 1 aliphatic rings. The number of hydrogen-bond acceptors (Lipinski definition) is 3. The van der Waals surface area contributed by atoms with E-state index in [2.05, 4.69) is 10.2 Å². The lowest BCUT2D eigenvalue weighted by molar-refractivity contribution is -0.117. The van der Waals surface area contributed by atoms with Crippen molar-refractivity contribution in [2.75, 3.05) is 25.0 Å². The van der Waals surface area contributed by atoms with Gasteiger partial charge in [-0.2, -0.15) is 0 Å². The Kier molecular flexibility index (Phi) is 4.68. The molecule has 0 spiro atoms. The second-order valence-electron chi connectivity index (χ2n) is 5.02. The summed E-state index contributed by atoms with van der Waals surface area (Å²) in [5.74, 6) is -0.00488. The Morgan fingerprint density at radius 3 is 2.63 bits per heavy atom. The highest BCUT2D eigenvalue weighted by Gasteiger charge is 2.14. The summed E-state index contributed by atoms with van der Waals surface area (Å²) in [5.41, 5.74) is 1.31. The molecule has 1 saturated heterocycles. The molecule has 19 heavy (non-hydrogen) atoms. The topological polar surface area (TPSA) is 49.4 Å². The number of amides is 1. The van der Waals surface area contributed by atoms with E-state index in [0.29, 0.717) is 17.8 Å². The van der Waals surface area contributed by atoms with Gasteiger partial charge in [-0.3, -0.25) is 14.5 Å². The molecule has 102 valence electrons. The molecule has 1 amide bonds. The van der Waals surface area contributed by atoms with Crippen molar-refractivity contribution < 1.29 is 9.59 Å². The van der Waals surface area contributed by atoms with Crippen LogP contribution in [-0.4, -0.2) is 36.2 Å². The van der Waals surface area contributed by atoms with Crippen molar-refractivity contribution in [2.45, 2.75) is 26.2 Å². The molecule has 2 rings (SSSR count). The predicted octanol–water partition coefficient (Wildman–Crippen LogP) is 2.31. The van der Waals surface area contributed by atoms with E-state index < -0.39 is 0 Å². The van der Waals surface area contributed by atoms with Gasteiger partial charge in [0.25, 0.3) is 0 Å². The molecule has 1 aliphatic heterocycles. The maximum Gasteiger partial charge on any atom is 0.238 e. The molecule has 0 radical (unpaired) electrons. The summed E-state index contributed by atoms with van der Waals surface area (Å²) in [4.78, 5) is 25.4. The minimum atomic E-state index is -0.0115. The highest BCUT2D eigenvalue weighted by atomic mass is 16.2. The van der Waals surface area contributed by atoms with Crippen molar-refractivity contribution in [1.82, 2.24) is 4.90 Å². The fourth-order valence-corrected chi connectivity index (χ4v) is 2.34. The van der Waals surface area contributed by atoms with E-state index in [4.69, 9.17) is 0 Å². The second-order valence-corrected chi connectivity index (χ2v) is 5.02. The summed E-state index contributed by atoms with van der Waals surface area (Å²) in [6, 6.07) is 7.06. The van der Waals surface area contributed by atoms with Crippen molar-refractivity contribution >= 4 is 17.4 Å². The van der Waals surface area contributed by atoms with E-state index >= 15 is 0 Å². The molecule has 1 N–H and O–H groups in total. The smallest absolute Gasteiger partial charge is 0.238 e. The van der Waals surface area contributed by atoms with E-state index in [0.717, 1.165) is 13.1 Å². The molecule has 1 fully saturated rings. The fraction of sp³-hybridized carbons (Fsp3) is 0.467. The van der Waals surface area contributed by atoms with Crippen molar-refractivity contribution in [3.8, 4) is 0 Å². The van der Waals surface area contributed by atoms with Crippen LogP contribution in [0.1, 0.15) is 36.5 Å². The third kappa shape index (κ3) is 4.17. The van der Waals surface area contributed by atoms with Gasteiger partial charge in [0, 0.05) is 11.3 Å². The van der Waals surface area contributed by atoms with Gasteiger partial charge < -0.3 is 5.32 Å². The Morgan fingerprint density at radius 2 is 1.95 bits per heavy atom. The maximum atomic E-state index is 11.9. The summed E-state index contributed by atoms with van der Waals surface area (Å²) in [6.07, 6.45) is 3.61. The number of nitrogens with one attached hydrogen (secondary N) is 1. The summed E-state index contributed by atoms with van der Waals surface area (Å²) in [5, 5.41) is 2.85. The van der Waals surface area contributed by atoms with E-state index in [1.807, 2.05) is 0 Å². The van der Waals surface area contributed by atoms with Crippen molar-refractivity contribution in [3.05, 3.63) is 29.8 Å². The predicted molar refractivity (Wildman–Crippen MR) is 75.4 cm³/mol. The van der Waals surface area contributed by atoms with Gasteiger partial charge in [-0.25, -0.2) is 0 Å². The second kappa shape index (κ2) is 6.48. The highest BCUT2D eigenvalue weighted by Crippen LogP contribution is 2.12. The molecule has 4 heteroatoms. The summed E-state index contributed by atoms with van der Waals surface area (Å²) in [7, 11) is 0. The number of ketones is 1. The minimum absolute atomic E-state index is 0.00660. The van der Waals surface area contributed by atoms with Gasteiger partial charge in [0.1, 0.15) is 0 Å². The van der Waals surface area contributed by atoms with Crippen LogP contribution in [0.3, 0.4) is 0 Å². The quantitative estimate of drug-likeness (QED) is 0.845. The van der Waals surface area contributed by atoms with Crippen LogP contribution in [0.5, 0.6) is 0 Å². The zero-order valence-electron chi connectivity index (χ0n) is 11.3. The lowest BCUT2D eigenvalue weighted by Crippen LogP contribution is -2.36. The Labute approximate surface area is 113 Å². The number of hydrogen-bond donors (Lipinski definition) is 1. The van der Waals surface area contributed by atoms with Crippen molar-refractivity contribution in [2.24, 2.45) is 0 Å². The number of Topliss-reactive ketones (excluding diaryl/α,β-unsaturated/α-hetero) is 1. The Morgan fingerprint density at radius 1 is 1.21 bits per heavy atom. The zero-order chi connectivity index (χ0) is 13.7. The molecule has 0 unspecified atom stereocenters. The number of benzene rings is 1. The molecular weight excluding hydrogens is 240 g/mol. The minimum Gasteiger partial charge on any atom is -0.325 e. The largest absolute Gasteiger partial charge is 0.325 e. The molecule has 1 aromatic carbocycles. The highest BCUT2D eigenvalue weighted by molar-refractivity contribution is 5.97. The lowest BCUT2D eigenvalue weighted by Gasteiger charge is -2.25. The average molecular weight is 260 g/mol. The number of nitrogens with zero attached hydrogens (tertiary/aromatic N) is 1. The number of anilines is 1. The van der Waals surface area contributed by atoms with Gasteiger partial charge in [0.15, 0.2) is 5.78 Å². The number of rotatable bonds is 4. The molecule has 0 aromatic heterocycles. The molecule has 1 heterocycles. The lowest BCUT2D eigenvalue weighted by atomic mass is 10.1. The third-order valence-corrected chi connectivity index (χ3v) is 3.37. The molecule has 1 aromatic rings. The summed E-state index contributed by atoms with van der Waals surface area (Å²) in [6.45, 7) is 3.96. The summed E-state index contributed by atoms with van der Waals surface area (Å²) >= 11 is 0. The first-order chi connectivity index (χ1) is 9.15. The maximum absolute atomic E-state index is 11.9. The van der Waals surface area contributed by atoms with Crippen molar-refractivity contribution in [3.63, 3.8) is 0 Å². The van der Waals surface area contributed by atoms with Crippen LogP contribution < -0.4 is 5.32 Å². The molecule has 0 aliphatic carbocycles. The standard InChI is InChI=1S/C15H20N2O2/c1-12(18)13-6-5-7-14(10-13)16-15(19)11-17-8-3-2-4-9-17/h5-7,10H,2-4,8-9,11H2,1H3,(H,16,19). The van der Waals surface area contributed by atoms with Crippen LogP contribution in [0.25, 0.3) is 0 Å². The van der Waals surface area contributed by atoms with Gasteiger partial charge >= 0.3 is 0 Å². The molecule has 0 bridgehead atoms. The van der Waals surface area contributed by atoms with E-state index in [9.17, 15) is 9.59 Å². The number of piperidine rings is 1. The molecule has 4 nitrogen and oxygen atoms in total. The van der Waals surface area contributed by atoms with E-state index in [1.54, 1.807) is 24.3 Å². The Bertz CT molecular complexity index is 465. The first kappa shape index (κ1) is 13.7. The number of carbonyl (C=O) groups is 2. The fourth-order valence-electron chi connectivity index (χ4n) is 2.34. The zero-order valence-corrected chi connectivity index (χ0v) is 11.3. The molecule has 0 atom stereocenters. The number of carbonyl (C=O) groups excluding carboxylic acids is 2. The first-order valence-corrected chi connectivity index (χ1v) is 6.78. The Hall–Kier alpha value is -1.68. The molecular formula is C15H20N2O2. The van der Waals surface area contributed by atoms with Crippen LogP contribution in [0, 0.1) is 0 Å². The SMILES string of the molecule is CC(=O)c1cccc(NC(=O)CN2CCCCC2)c1. The van der Waals surface area contributed by atoms with Gasteiger partial charge in [-0.05, 0) is 45.0 Å². The van der Waals surface area contributed by atoms with Gasteiger partial charge in [-0.15, -0.1) is 0 Å². The van der Waals surface area contributed by atoms with Crippen LogP contribution >= 0.6 is 0 Å². The van der Waals surface area contributed by atoms with Gasteiger partial charge in [0.05, 0.1) is 6.54 Å². The van der Waals surface area contributed by atoms with Crippen LogP contribution in [0.2, 0.25) is 0 Å². The third-order valence-electron chi connectivity index (χ3n) is 3.37. The van der Waals surface area contributed by atoms with Crippen LogP contribution in [-0.2, 0) is 4.79 Å². The first-order valence-electron chi connectivity index (χ1n) is 6.78. The average Bonchev–Trinajstić information content (AvgIpc) is 2.40. The molecule has 0 saturated carbocycles. The van der Waals surface area contributed by atoms with E-state index in [-0.39, 0.29) is 11.7 Å². The van der Waals surface area contributed by atoms with Gasteiger partial charge in [-0.1, -0.05) is 18.6 Å². The summed E-state index contributed by atoms with van der Waals surface area (Å²) < 4.78 is 0. The monoisotopic (exact) mass is 260 g/mol. The van der Waals surface area contributed by atoms with Crippen LogP contribution in [0.4, 0.5) is 5.69 Å². The van der Waals surface area contributed by atoms with Gasteiger partial charge in [0.2, 0.25) is 5.91 Å².